The second kappa shape index (κ2) is 14.5. The quantitative estimate of drug-likeness (QED) is 0.200. The molecule has 0 unspecified atom stereocenters. The van der Waals surface area contributed by atoms with Crippen LogP contribution in [0.1, 0.15) is 36.8 Å². The summed E-state index contributed by atoms with van der Waals surface area (Å²) in [6.07, 6.45) is 2.39. The van der Waals surface area contributed by atoms with Gasteiger partial charge in [-0.05, 0) is 54.7 Å². The number of aryl methyl sites for hydroxylation is 1. The zero-order valence-corrected chi connectivity index (χ0v) is 20.4. The standard InChI is InChI=1S/C28H30N2O4S/c31-26(18-9-19-27(32)33-20-10-15-22-11-3-1-4-12-22)30-28(35)29-24-16-7-8-17-25(24)34-21-23-13-5-2-6-14-23/h1-8,11-14,16-17H,9-10,15,18-21H2,(H2,29,30,31,35). The van der Waals surface area contributed by atoms with Gasteiger partial charge in [0.2, 0.25) is 5.91 Å². The third-order valence-electron chi connectivity index (χ3n) is 5.13. The van der Waals surface area contributed by atoms with Gasteiger partial charge in [-0.3, -0.25) is 9.59 Å². The van der Waals surface area contributed by atoms with Crippen molar-refractivity contribution in [3.63, 3.8) is 0 Å². The highest BCUT2D eigenvalue weighted by atomic mass is 32.1. The molecule has 0 spiro atoms. The summed E-state index contributed by atoms with van der Waals surface area (Å²) in [7, 11) is 0. The van der Waals surface area contributed by atoms with E-state index in [2.05, 4.69) is 22.8 Å². The first-order valence-corrected chi connectivity index (χ1v) is 12.1. The summed E-state index contributed by atoms with van der Waals surface area (Å²) in [5, 5.41) is 5.83. The van der Waals surface area contributed by atoms with Gasteiger partial charge >= 0.3 is 5.97 Å². The van der Waals surface area contributed by atoms with Crippen LogP contribution in [0.5, 0.6) is 5.75 Å². The fraction of sp³-hybridized carbons (Fsp3) is 0.250. The Labute approximate surface area is 211 Å². The van der Waals surface area contributed by atoms with Gasteiger partial charge in [0, 0.05) is 12.8 Å². The minimum Gasteiger partial charge on any atom is -0.487 e. The Morgan fingerprint density at radius 1 is 0.771 bits per heavy atom. The van der Waals surface area contributed by atoms with Crippen molar-refractivity contribution in [2.24, 2.45) is 0 Å². The molecule has 0 fully saturated rings. The number of nitrogens with one attached hydrogen (secondary N) is 2. The van der Waals surface area contributed by atoms with Gasteiger partial charge in [0.25, 0.3) is 0 Å². The van der Waals surface area contributed by atoms with Gasteiger partial charge < -0.3 is 20.1 Å². The number of para-hydroxylation sites is 2. The van der Waals surface area contributed by atoms with E-state index in [1.54, 1.807) is 0 Å². The van der Waals surface area contributed by atoms with Crippen molar-refractivity contribution in [3.05, 3.63) is 96.1 Å². The predicted molar refractivity (Wildman–Crippen MR) is 141 cm³/mol. The fourth-order valence-electron chi connectivity index (χ4n) is 3.35. The second-order valence-corrected chi connectivity index (χ2v) is 8.34. The molecule has 3 aromatic rings. The smallest absolute Gasteiger partial charge is 0.305 e. The monoisotopic (exact) mass is 490 g/mol. The summed E-state index contributed by atoms with van der Waals surface area (Å²) in [5.41, 5.74) is 2.93. The zero-order valence-electron chi connectivity index (χ0n) is 19.6. The minimum atomic E-state index is -0.295. The topological polar surface area (TPSA) is 76.7 Å². The molecule has 35 heavy (non-hydrogen) atoms. The lowest BCUT2D eigenvalue weighted by molar-refractivity contribution is -0.143. The van der Waals surface area contributed by atoms with Crippen LogP contribution in [-0.4, -0.2) is 23.6 Å². The number of ether oxygens (including phenoxy) is 2. The van der Waals surface area contributed by atoms with Crippen LogP contribution in [0.3, 0.4) is 0 Å². The lowest BCUT2D eigenvalue weighted by atomic mass is 10.1. The van der Waals surface area contributed by atoms with Gasteiger partial charge in [-0.2, -0.15) is 0 Å². The van der Waals surface area contributed by atoms with E-state index in [4.69, 9.17) is 21.7 Å². The zero-order chi connectivity index (χ0) is 24.7. The molecule has 0 aliphatic heterocycles. The van der Waals surface area contributed by atoms with Gasteiger partial charge in [-0.25, -0.2) is 0 Å². The van der Waals surface area contributed by atoms with Crippen LogP contribution in [-0.2, 0) is 27.4 Å². The molecule has 3 aromatic carbocycles. The Hall–Kier alpha value is -3.71. The fourth-order valence-corrected chi connectivity index (χ4v) is 3.57. The number of carbonyl (C=O) groups excluding carboxylic acids is 2. The lowest BCUT2D eigenvalue weighted by Crippen LogP contribution is -2.34. The lowest BCUT2D eigenvalue weighted by Gasteiger charge is -2.14. The Kier molecular flexibility index (Phi) is 10.8. The third-order valence-corrected chi connectivity index (χ3v) is 5.33. The molecule has 0 saturated heterocycles. The maximum absolute atomic E-state index is 12.2. The number of esters is 1. The van der Waals surface area contributed by atoms with Crippen LogP contribution in [0.2, 0.25) is 0 Å². The first-order chi connectivity index (χ1) is 17.1. The first-order valence-electron chi connectivity index (χ1n) is 11.7. The van der Waals surface area contributed by atoms with Gasteiger partial charge in [-0.1, -0.05) is 72.8 Å². The maximum Gasteiger partial charge on any atom is 0.305 e. The van der Waals surface area contributed by atoms with Crippen molar-refractivity contribution in [2.45, 2.75) is 38.7 Å². The molecule has 1 amide bonds. The predicted octanol–water partition coefficient (Wildman–Crippen LogP) is 5.42. The van der Waals surface area contributed by atoms with Gasteiger partial charge in [0.1, 0.15) is 12.4 Å². The summed E-state index contributed by atoms with van der Waals surface area (Å²) in [4.78, 5) is 24.1. The molecule has 0 aliphatic rings. The van der Waals surface area contributed by atoms with E-state index in [1.165, 1.54) is 5.56 Å². The molecule has 0 aromatic heterocycles. The van der Waals surface area contributed by atoms with Crippen molar-refractivity contribution < 1.29 is 19.1 Å². The summed E-state index contributed by atoms with van der Waals surface area (Å²) in [6, 6.07) is 27.3. The second-order valence-electron chi connectivity index (χ2n) is 7.94. The highest BCUT2D eigenvalue weighted by molar-refractivity contribution is 7.80. The van der Waals surface area contributed by atoms with E-state index in [1.807, 2.05) is 72.8 Å². The molecule has 0 atom stereocenters. The Bertz CT molecular complexity index is 1090. The van der Waals surface area contributed by atoms with Crippen LogP contribution in [0.25, 0.3) is 0 Å². The molecule has 0 radical (unpaired) electrons. The van der Waals surface area contributed by atoms with Crippen molar-refractivity contribution in [1.82, 2.24) is 5.32 Å². The molecule has 2 N–H and O–H groups in total. The molecule has 0 heterocycles. The number of hydrogen-bond donors (Lipinski definition) is 2. The number of rotatable bonds is 12. The number of amides is 1. The summed E-state index contributed by atoms with van der Waals surface area (Å²) in [5.74, 6) is 0.0704. The molecule has 3 rings (SSSR count). The average Bonchev–Trinajstić information content (AvgIpc) is 2.87. The van der Waals surface area contributed by atoms with Crippen LogP contribution < -0.4 is 15.4 Å². The average molecular weight is 491 g/mol. The third kappa shape index (κ3) is 9.98. The summed E-state index contributed by atoms with van der Waals surface area (Å²) >= 11 is 5.27. The minimum absolute atomic E-state index is 0.174. The van der Waals surface area contributed by atoms with Gasteiger partial charge in [0.05, 0.1) is 12.3 Å². The molecule has 0 aliphatic carbocycles. The molecular formula is C28H30N2O4S. The Morgan fingerprint density at radius 2 is 1.43 bits per heavy atom. The largest absolute Gasteiger partial charge is 0.487 e. The SMILES string of the molecule is O=C(CCCC(=O)OCCCc1ccccc1)NC(=S)Nc1ccccc1OCc1ccccc1. The molecule has 0 saturated carbocycles. The van der Waals surface area contributed by atoms with E-state index < -0.39 is 0 Å². The van der Waals surface area contributed by atoms with Crippen LogP contribution in [0.4, 0.5) is 5.69 Å². The number of anilines is 1. The number of benzene rings is 3. The highest BCUT2D eigenvalue weighted by Gasteiger charge is 2.10. The summed E-state index contributed by atoms with van der Waals surface area (Å²) in [6.45, 7) is 0.792. The van der Waals surface area contributed by atoms with Crippen LogP contribution in [0.15, 0.2) is 84.9 Å². The number of hydrogen-bond acceptors (Lipinski definition) is 5. The Morgan fingerprint density at radius 3 is 2.17 bits per heavy atom. The van der Waals surface area contributed by atoms with Crippen LogP contribution >= 0.6 is 12.2 Å². The van der Waals surface area contributed by atoms with Crippen molar-refractivity contribution in [2.75, 3.05) is 11.9 Å². The van der Waals surface area contributed by atoms with E-state index >= 15 is 0 Å². The van der Waals surface area contributed by atoms with Gasteiger partial charge in [-0.15, -0.1) is 0 Å². The van der Waals surface area contributed by atoms with E-state index in [0.29, 0.717) is 31.1 Å². The number of carbonyl (C=O) groups is 2. The molecule has 0 bridgehead atoms. The van der Waals surface area contributed by atoms with E-state index in [0.717, 1.165) is 18.4 Å². The molecule has 182 valence electrons. The molecular weight excluding hydrogens is 460 g/mol. The van der Waals surface area contributed by atoms with Crippen molar-refractivity contribution in [1.29, 1.82) is 0 Å². The molecule has 7 heteroatoms. The van der Waals surface area contributed by atoms with E-state index in [-0.39, 0.29) is 29.8 Å². The van der Waals surface area contributed by atoms with Crippen LogP contribution in [0, 0.1) is 0 Å². The normalized spacial score (nSPS) is 10.3. The first kappa shape index (κ1) is 25.9. The summed E-state index contributed by atoms with van der Waals surface area (Å²) < 4.78 is 11.2. The van der Waals surface area contributed by atoms with Crippen molar-refractivity contribution >= 4 is 34.9 Å². The number of thiocarbonyl (C=S) groups is 1. The Balaban J connectivity index is 1.32. The maximum atomic E-state index is 12.2. The van der Waals surface area contributed by atoms with Gasteiger partial charge in [0.15, 0.2) is 5.11 Å². The highest BCUT2D eigenvalue weighted by Crippen LogP contribution is 2.24. The van der Waals surface area contributed by atoms with E-state index in [9.17, 15) is 9.59 Å². The van der Waals surface area contributed by atoms with Crippen molar-refractivity contribution in [3.8, 4) is 5.75 Å². The molecule has 6 nitrogen and oxygen atoms in total.